The highest BCUT2D eigenvalue weighted by molar-refractivity contribution is 7.89. The molecule has 0 radical (unpaired) electrons. The summed E-state index contributed by atoms with van der Waals surface area (Å²) in [5, 5.41) is 4.71. The summed E-state index contributed by atoms with van der Waals surface area (Å²) < 4.78 is 40.2. The molecule has 3 aromatic rings. The highest BCUT2D eigenvalue weighted by Crippen LogP contribution is 2.27. The Balaban J connectivity index is 1.86. The molecule has 0 aliphatic rings. The summed E-state index contributed by atoms with van der Waals surface area (Å²) in [5.41, 5.74) is 1.11. The molecule has 0 bridgehead atoms. The quantitative estimate of drug-likeness (QED) is 0.536. The molecule has 6 nitrogen and oxygen atoms in total. The first-order valence-corrected chi connectivity index (χ1v) is 11.8. The Hall–Kier alpha value is -2.33. The summed E-state index contributed by atoms with van der Waals surface area (Å²) in [6.45, 7) is 4.10. The number of nitrogens with one attached hydrogen (secondary N) is 1. The molecule has 0 fully saturated rings. The summed E-state index contributed by atoms with van der Waals surface area (Å²) in [5.74, 6) is -0.971. The molecule has 0 atom stereocenters. The molecule has 0 saturated carbocycles. The maximum Gasteiger partial charge on any atom is 0.259 e. The molecule has 10 heteroatoms. The third-order valence-electron chi connectivity index (χ3n) is 4.37. The van der Waals surface area contributed by atoms with Gasteiger partial charge in [0.25, 0.3) is 5.91 Å². The van der Waals surface area contributed by atoms with E-state index < -0.39 is 15.9 Å². The molecule has 0 aliphatic carbocycles. The summed E-state index contributed by atoms with van der Waals surface area (Å²) in [6.07, 6.45) is 0. The van der Waals surface area contributed by atoms with Crippen molar-refractivity contribution in [1.82, 2.24) is 9.29 Å². The smallest absolute Gasteiger partial charge is 0.259 e. The van der Waals surface area contributed by atoms with Crippen LogP contribution in [0.3, 0.4) is 0 Å². The van der Waals surface area contributed by atoms with E-state index in [-0.39, 0.29) is 26.4 Å². The van der Waals surface area contributed by atoms with Crippen molar-refractivity contribution in [3.8, 4) is 11.3 Å². The monoisotopic (exact) mass is 467 g/mol. The van der Waals surface area contributed by atoms with E-state index in [1.807, 2.05) is 0 Å². The first-order valence-electron chi connectivity index (χ1n) is 9.08. The minimum atomic E-state index is -3.74. The minimum Gasteiger partial charge on any atom is -0.298 e. The standard InChI is InChI=1S/C20H19ClFN3O3S2/c1-3-25(4-2)30(27,28)15-8-9-17(21)16(11-15)19(26)24-20-23-18(12-29-20)13-6-5-7-14(22)10-13/h5-12H,3-4H2,1-2H3,(H,23,24,26). The normalized spacial score (nSPS) is 11.6. The van der Waals surface area contributed by atoms with E-state index in [4.69, 9.17) is 11.6 Å². The van der Waals surface area contributed by atoms with Crippen molar-refractivity contribution in [3.05, 3.63) is 64.2 Å². The zero-order valence-corrected chi connectivity index (χ0v) is 18.6. The second-order valence-corrected chi connectivity index (χ2v) is 9.44. The molecular weight excluding hydrogens is 449 g/mol. The molecule has 1 N–H and O–H groups in total. The van der Waals surface area contributed by atoms with E-state index in [0.717, 1.165) is 0 Å². The number of rotatable bonds is 7. The maximum atomic E-state index is 13.4. The lowest BCUT2D eigenvalue weighted by Crippen LogP contribution is -2.30. The number of benzene rings is 2. The van der Waals surface area contributed by atoms with Gasteiger partial charge in [0.15, 0.2) is 5.13 Å². The number of aromatic nitrogens is 1. The third-order valence-corrected chi connectivity index (χ3v) is 7.50. The summed E-state index contributed by atoms with van der Waals surface area (Å²) >= 11 is 7.31. The zero-order valence-electron chi connectivity index (χ0n) is 16.2. The van der Waals surface area contributed by atoms with Gasteiger partial charge in [0.2, 0.25) is 10.0 Å². The fourth-order valence-corrected chi connectivity index (χ4v) is 5.23. The molecule has 0 spiro atoms. The van der Waals surface area contributed by atoms with E-state index >= 15 is 0 Å². The fourth-order valence-electron chi connectivity index (χ4n) is 2.83. The van der Waals surface area contributed by atoms with Gasteiger partial charge < -0.3 is 0 Å². The van der Waals surface area contributed by atoms with Gasteiger partial charge in [-0.05, 0) is 30.3 Å². The van der Waals surface area contributed by atoms with Gasteiger partial charge >= 0.3 is 0 Å². The van der Waals surface area contributed by atoms with Gasteiger partial charge in [-0.3, -0.25) is 10.1 Å². The number of nitrogens with zero attached hydrogens (tertiary/aromatic N) is 2. The van der Waals surface area contributed by atoms with Crippen molar-refractivity contribution in [2.75, 3.05) is 18.4 Å². The third kappa shape index (κ3) is 4.70. The van der Waals surface area contributed by atoms with Gasteiger partial charge in [0.1, 0.15) is 5.82 Å². The van der Waals surface area contributed by atoms with Crippen LogP contribution >= 0.6 is 22.9 Å². The van der Waals surface area contributed by atoms with Gasteiger partial charge in [-0.25, -0.2) is 17.8 Å². The van der Waals surface area contributed by atoms with Crippen molar-refractivity contribution >= 4 is 44.0 Å². The largest absolute Gasteiger partial charge is 0.298 e. The second-order valence-electron chi connectivity index (χ2n) is 6.23. The average Bonchev–Trinajstić information content (AvgIpc) is 3.17. The number of thiazole rings is 1. The lowest BCUT2D eigenvalue weighted by atomic mass is 10.2. The van der Waals surface area contributed by atoms with Gasteiger partial charge in [0, 0.05) is 24.0 Å². The predicted octanol–water partition coefficient (Wildman–Crippen LogP) is 4.89. The van der Waals surface area contributed by atoms with Crippen LogP contribution in [0.1, 0.15) is 24.2 Å². The summed E-state index contributed by atoms with van der Waals surface area (Å²) in [4.78, 5) is 17.0. The van der Waals surface area contributed by atoms with Crippen LogP contribution < -0.4 is 5.32 Å². The molecule has 0 aliphatic heterocycles. The van der Waals surface area contributed by atoms with Gasteiger partial charge in [-0.15, -0.1) is 11.3 Å². The summed E-state index contributed by atoms with van der Waals surface area (Å²) in [7, 11) is -3.74. The van der Waals surface area contributed by atoms with E-state index in [0.29, 0.717) is 24.3 Å². The number of sulfonamides is 1. The Kier molecular flexibility index (Phi) is 6.87. The van der Waals surface area contributed by atoms with Crippen LogP contribution in [0, 0.1) is 5.82 Å². The zero-order chi connectivity index (χ0) is 21.9. The molecule has 158 valence electrons. The molecule has 0 saturated heterocycles. The Labute approximate surface area is 183 Å². The van der Waals surface area contributed by atoms with Crippen LogP contribution in [0.5, 0.6) is 0 Å². The molecule has 2 aromatic carbocycles. The van der Waals surface area contributed by atoms with Gasteiger partial charge in [-0.2, -0.15) is 4.31 Å². The Morgan fingerprint density at radius 2 is 1.93 bits per heavy atom. The van der Waals surface area contributed by atoms with Crippen molar-refractivity contribution in [2.45, 2.75) is 18.7 Å². The Morgan fingerprint density at radius 3 is 2.60 bits per heavy atom. The lowest BCUT2D eigenvalue weighted by Gasteiger charge is -2.19. The molecule has 3 rings (SSSR count). The molecule has 1 aromatic heterocycles. The molecule has 1 heterocycles. The summed E-state index contributed by atoms with van der Waals surface area (Å²) in [6, 6.07) is 9.97. The topological polar surface area (TPSA) is 79.4 Å². The average molecular weight is 468 g/mol. The number of hydrogen-bond donors (Lipinski definition) is 1. The number of carbonyl (C=O) groups is 1. The van der Waals surface area contributed by atoms with Gasteiger partial charge in [0.05, 0.1) is 21.2 Å². The van der Waals surface area contributed by atoms with Crippen LogP contribution in [0.25, 0.3) is 11.3 Å². The van der Waals surface area contributed by atoms with Gasteiger partial charge in [-0.1, -0.05) is 37.6 Å². The maximum absolute atomic E-state index is 13.4. The van der Waals surface area contributed by atoms with E-state index in [9.17, 15) is 17.6 Å². The molecule has 30 heavy (non-hydrogen) atoms. The Morgan fingerprint density at radius 1 is 1.20 bits per heavy atom. The number of amides is 1. The van der Waals surface area contributed by atoms with Crippen LogP contribution in [0.2, 0.25) is 5.02 Å². The minimum absolute atomic E-state index is 0.0136. The SMILES string of the molecule is CCN(CC)S(=O)(=O)c1ccc(Cl)c(C(=O)Nc2nc(-c3cccc(F)c3)cs2)c1. The first-order chi connectivity index (χ1) is 14.3. The molecular formula is C20H19ClFN3O3S2. The molecule has 0 unspecified atom stereocenters. The first kappa shape index (κ1) is 22.4. The van der Waals surface area contributed by atoms with Crippen LogP contribution in [0.15, 0.2) is 52.7 Å². The van der Waals surface area contributed by atoms with E-state index in [2.05, 4.69) is 10.3 Å². The number of hydrogen-bond acceptors (Lipinski definition) is 5. The van der Waals surface area contributed by atoms with Crippen LogP contribution in [0.4, 0.5) is 9.52 Å². The number of carbonyl (C=O) groups excluding carboxylic acids is 1. The van der Waals surface area contributed by atoms with Crippen LogP contribution in [-0.4, -0.2) is 36.7 Å². The lowest BCUT2D eigenvalue weighted by molar-refractivity contribution is 0.102. The van der Waals surface area contributed by atoms with E-state index in [1.165, 1.54) is 46.0 Å². The van der Waals surface area contributed by atoms with Crippen molar-refractivity contribution in [3.63, 3.8) is 0 Å². The predicted molar refractivity (Wildman–Crippen MR) is 117 cm³/mol. The Bertz CT molecular complexity index is 1180. The second kappa shape index (κ2) is 9.22. The highest BCUT2D eigenvalue weighted by atomic mass is 35.5. The van der Waals surface area contributed by atoms with Crippen molar-refractivity contribution < 1.29 is 17.6 Å². The van der Waals surface area contributed by atoms with E-state index in [1.54, 1.807) is 31.4 Å². The number of anilines is 1. The highest BCUT2D eigenvalue weighted by Gasteiger charge is 2.24. The van der Waals surface area contributed by atoms with Crippen molar-refractivity contribution in [1.29, 1.82) is 0 Å². The van der Waals surface area contributed by atoms with Crippen LogP contribution in [-0.2, 0) is 10.0 Å². The number of halogens is 2. The van der Waals surface area contributed by atoms with Crippen molar-refractivity contribution in [2.24, 2.45) is 0 Å². The molecule has 1 amide bonds. The fraction of sp³-hybridized carbons (Fsp3) is 0.200.